The standard InChI is InChI=1S/C14H19ClN4O3S/c15-8-1-2-11-10(7-8)13(12(18-11)14(16)20)23(21,22)19-9-3-5-17-6-4-9/h1-2,7,9,12-13,17-19H,3-6H2,(H2,16,20). The summed E-state index contributed by atoms with van der Waals surface area (Å²) in [7, 11) is -3.78. The maximum atomic E-state index is 12.9. The molecule has 2 heterocycles. The Morgan fingerprint density at radius 1 is 1.30 bits per heavy atom. The summed E-state index contributed by atoms with van der Waals surface area (Å²) in [5, 5.41) is 5.41. The minimum absolute atomic E-state index is 0.141. The van der Waals surface area contributed by atoms with Crippen LogP contribution in [0.2, 0.25) is 5.02 Å². The molecule has 1 saturated heterocycles. The van der Waals surface area contributed by atoms with Gasteiger partial charge in [-0.15, -0.1) is 0 Å². The van der Waals surface area contributed by atoms with Gasteiger partial charge >= 0.3 is 0 Å². The monoisotopic (exact) mass is 358 g/mol. The molecule has 0 saturated carbocycles. The number of benzene rings is 1. The highest BCUT2D eigenvalue weighted by atomic mass is 35.5. The van der Waals surface area contributed by atoms with Crippen molar-refractivity contribution in [3.63, 3.8) is 0 Å². The van der Waals surface area contributed by atoms with Gasteiger partial charge in [0.15, 0.2) is 0 Å². The van der Waals surface area contributed by atoms with Crippen molar-refractivity contribution in [2.75, 3.05) is 18.4 Å². The first kappa shape index (κ1) is 16.5. The summed E-state index contributed by atoms with van der Waals surface area (Å²) in [5.41, 5.74) is 6.44. The Morgan fingerprint density at radius 3 is 2.65 bits per heavy atom. The Bertz CT molecular complexity index is 719. The summed E-state index contributed by atoms with van der Waals surface area (Å²) in [5.74, 6) is -0.710. The molecule has 1 aromatic carbocycles. The van der Waals surface area contributed by atoms with Gasteiger partial charge in [-0.1, -0.05) is 11.6 Å². The zero-order valence-electron chi connectivity index (χ0n) is 12.4. The molecule has 0 spiro atoms. The average molecular weight is 359 g/mol. The summed E-state index contributed by atoms with van der Waals surface area (Å²) in [6, 6.07) is 3.72. The maximum Gasteiger partial charge on any atom is 0.241 e. The topological polar surface area (TPSA) is 113 Å². The van der Waals surface area contributed by atoms with E-state index in [1.54, 1.807) is 18.2 Å². The number of carbonyl (C=O) groups is 1. The van der Waals surface area contributed by atoms with Crippen molar-refractivity contribution in [2.45, 2.75) is 30.2 Å². The summed E-state index contributed by atoms with van der Waals surface area (Å²) >= 11 is 5.99. The second kappa shape index (κ2) is 6.27. The van der Waals surface area contributed by atoms with E-state index in [0.717, 1.165) is 13.1 Å². The highest BCUT2D eigenvalue weighted by Gasteiger charge is 2.45. The molecule has 2 unspecified atom stereocenters. The highest BCUT2D eigenvalue weighted by Crippen LogP contribution is 2.40. The first-order chi connectivity index (χ1) is 10.9. The first-order valence-corrected chi connectivity index (χ1v) is 9.38. The summed E-state index contributed by atoms with van der Waals surface area (Å²) in [6.45, 7) is 1.52. The van der Waals surface area contributed by atoms with E-state index in [-0.39, 0.29) is 6.04 Å². The SMILES string of the molecule is NC(=O)C1Nc2ccc(Cl)cc2C1S(=O)(=O)NC1CCNCC1. The minimum atomic E-state index is -3.78. The molecule has 5 N–H and O–H groups in total. The fourth-order valence-corrected chi connectivity index (χ4v) is 5.25. The number of rotatable bonds is 4. The van der Waals surface area contributed by atoms with Gasteiger partial charge in [-0.2, -0.15) is 0 Å². The van der Waals surface area contributed by atoms with Crippen LogP contribution in [-0.4, -0.2) is 39.5 Å². The number of hydrogen-bond acceptors (Lipinski definition) is 5. The van der Waals surface area contributed by atoms with Crippen LogP contribution in [0.4, 0.5) is 5.69 Å². The van der Waals surface area contributed by atoms with Crippen molar-refractivity contribution in [3.8, 4) is 0 Å². The van der Waals surface area contributed by atoms with E-state index in [2.05, 4.69) is 15.4 Å². The molecule has 0 aliphatic carbocycles. The number of sulfonamides is 1. The Kier molecular flexibility index (Phi) is 4.50. The average Bonchev–Trinajstić information content (AvgIpc) is 2.87. The second-order valence-electron chi connectivity index (χ2n) is 5.86. The molecule has 2 aliphatic heterocycles. The van der Waals surface area contributed by atoms with E-state index in [1.807, 2.05) is 0 Å². The van der Waals surface area contributed by atoms with Gasteiger partial charge in [0.2, 0.25) is 15.9 Å². The Hall–Kier alpha value is -1.35. The van der Waals surface area contributed by atoms with Crippen molar-refractivity contribution in [3.05, 3.63) is 28.8 Å². The molecule has 126 valence electrons. The molecule has 0 radical (unpaired) electrons. The van der Waals surface area contributed by atoms with E-state index in [4.69, 9.17) is 17.3 Å². The van der Waals surface area contributed by atoms with Crippen molar-refractivity contribution in [1.29, 1.82) is 0 Å². The van der Waals surface area contributed by atoms with Gasteiger partial charge in [-0.25, -0.2) is 13.1 Å². The highest BCUT2D eigenvalue weighted by molar-refractivity contribution is 7.89. The second-order valence-corrected chi connectivity index (χ2v) is 8.13. The number of hydrogen-bond donors (Lipinski definition) is 4. The molecule has 1 amide bonds. The lowest BCUT2D eigenvalue weighted by Crippen LogP contribution is -2.48. The maximum absolute atomic E-state index is 12.9. The number of amides is 1. The normalized spacial score (nSPS) is 24.9. The quantitative estimate of drug-likeness (QED) is 0.619. The Labute approximate surface area is 140 Å². The van der Waals surface area contributed by atoms with Gasteiger partial charge in [0.05, 0.1) is 0 Å². The fraction of sp³-hybridized carbons (Fsp3) is 0.500. The third kappa shape index (κ3) is 3.30. The largest absolute Gasteiger partial charge is 0.372 e. The number of nitrogens with two attached hydrogens (primary N) is 1. The van der Waals surface area contributed by atoms with Crippen LogP contribution in [0.15, 0.2) is 18.2 Å². The third-order valence-corrected chi connectivity index (χ3v) is 6.34. The van der Waals surface area contributed by atoms with E-state index in [9.17, 15) is 13.2 Å². The van der Waals surface area contributed by atoms with E-state index in [0.29, 0.717) is 29.1 Å². The molecule has 2 aliphatic rings. The predicted octanol–water partition coefficient (Wildman–Crippen LogP) is 0.332. The van der Waals surface area contributed by atoms with Gasteiger partial charge in [-0.05, 0) is 49.7 Å². The predicted molar refractivity (Wildman–Crippen MR) is 88.7 cm³/mol. The van der Waals surface area contributed by atoms with Crippen molar-refractivity contribution in [2.24, 2.45) is 5.73 Å². The van der Waals surface area contributed by atoms with Crippen LogP contribution in [0, 0.1) is 0 Å². The fourth-order valence-electron chi connectivity index (χ4n) is 3.14. The third-order valence-electron chi connectivity index (χ3n) is 4.24. The molecule has 1 fully saturated rings. The molecule has 3 rings (SSSR count). The number of fused-ring (bicyclic) bond motifs is 1. The van der Waals surface area contributed by atoms with E-state index in [1.165, 1.54) is 0 Å². The number of anilines is 1. The molecule has 2 atom stereocenters. The lowest BCUT2D eigenvalue weighted by Gasteiger charge is -2.26. The Balaban J connectivity index is 1.94. The number of primary amides is 1. The molecule has 0 aromatic heterocycles. The number of halogens is 1. The smallest absolute Gasteiger partial charge is 0.241 e. The van der Waals surface area contributed by atoms with Crippen LogP contribution < -0.4 is 21.1 Å². The van der Waals surface area contributed by atoms with Crippen LogP contribution in [-0.2, 0) is 14.8 Å². The van der Waals surface area contributed by atoms with Gasteiger partial charge in [0, 0.05) is 16.8 Å². The summed E-state index contributed by atoms with van der Waals surface area (Å²) < 4.78 is 28.5. The summed E-state index contributed by atoms with van der Waals surface area (Å²) in [4.78, 5) is 11.7. The van der Waals surface area contributed by atoms with Crippen molar-refractivity contribution >= 4 is 33.2 Å². The molecular weight excluding hydrogens is 340 g/mol. The number of nitrogens with one attached hydrogen (secondary N) is 3. The summed E-state index contributed by atoms with van der Waals surface area (Å²) in [6.07, 6.45) is 1.42. The zero-order chi connectivity index (χ0) is 16.6. The first-order valence-electron chi connectivity index (χ1n) is 7.45. The van der Waals surface area contributed by atoms with Gasteiger partial charge in [0.25, 0.3) is 0 Å². The molecule has 9 heteroatoms. The minimum Gasteiger partial charge on any atom is -0.372 e. The van der Waals surface area contributed by atoms with Gasteiger partial charge in [-0.3, -0.25) is 4.79 Å². The van der Waals surface area contributed by atoms with E-state index < -0.39 is 27.2 Å². The van der Waals surface area contributed by atoms with Crippen LogP contribution in [0.3, 0.4) is 0 Å². The Morgan fingerprint density at radius 2 is 2.00 bits per heavy atom. The zero-order valence-corrected chi connectivity index (χ0v) is 14.0. The van der Waals surface area contributed by atoms with Crippen molar-refractivity contribution < 1.29 is 13.2 Å². The number of piperidine rings is 1. The molecular formula is C14H19ClN4O3S. The molecule has 23 heavy (non-hydrogen) atoms. The van der Waals surface area contributed by atoms with E-state index >= 15 is 0 Å². The van der Waals surface area contributed by atoms with Gasteiger partial charge in [0.1, 0.15) is 11.3 Å². The van der Waals surface area contributed by atoms with Crippen LogP contribution in [0.25, 0.3) is 0 Å². The molecule has 1 aromatic rings. The van der Waals surface area contributed by atoms with Crippen LogP contribution in [0.5, 0.6) is 0 Å². The lowest BCUT2D eigenvalue weighted by molar-refractivity contribution is -0.118. The van der Waals surface area contributed by atoms with Crippen LogP contribution in [0.1, 0.15) is 23.7 Å². The molecule has 0 bridgehead atoms. The van der Waals surface area contributed by atoms with Crippen molar-refractivity contribution in [1.82, 2.24) is 10.0 Å². The number of carbonyl (C=O) groups excluding carboxylic acids is 1. The lowest BCUT2D eigenvalue weighted by atomic mass is 10.1. The molecule has 7 nitrogen and oxygen atoms in total. The van der Waals surface area contributed by atoms with Crippen LogP contribution >= 0.6 is 11.6 Å². The van der Waals surface area contributed by atoms with Gasteiger partial charge < -0.3 is 16.4 Å².